The molecule has 0 spiro atoms. The third-order valence-electron chi connectivity index (χ3n) is 4.34. The number of rotatable bonds is 7. The second-order valence-corrected chi connectivity index (χ2v) is 8.17. The molecule has 1 amide bonds. The third kappa shape index (κ3) is 4.85. The number of carbonyl (C=O) groups excluding carboxylic acids is 1. The van der Waals surface area contributed by atoms with Crippen molar-refractivity contribution in [3.8, 4) is 0 Å². The molecular weight excluding hydrogens is 348 g/mol. The monoisotopic (exact) mass is 374 g/mol. The SMILES string of the molecule is CCc1ccc(C(C)NC(=O)c2ccc(N(CC)S(C)(=O)=O)cc2)cc1. The Bertz CT molecular complexity index is 844. The smallest absolute Gasteiger partial charge is 0.251 e. The number of aryl methyl sites for hydroxylation is 1. The van der Waals surface area contributed by atoms with Gasteiger partial charge in [0, 0.05) is 12.1 Å². The molecule has 0 radical (unpaired) electrons. The van der Waals surface area contributed by atoms with E-state index in [4.69, 9.17) is 0 Å². The van der Waals surface area contributed by atoms with Gasteiger partial charge in [-0.2, -0.15) is 0 Å². The minimum atomic E-state index is -3.33. The Morgan fingerprint density at radius 2 is 1.62 bits per heavy atom. The topological polar surface area (TPSA) is 66.5 Å². The molecule has 1 unspecified atom stereocenters. The van der Waals surface area contributed by atoms with Crippen LogP contribution in [-0.2, 0) is 16.4 Å². The number of nitrogens with one attached hydrogen (secondary N) is 1. The normalized spacial score (nSPS) is 12.5. The molecular formula is C20H26N2O3S. The molecule has 6 heteroatoms. The molecule has 1 N–H and O–H groups in total. The lowest BCUT2D eigenvalue weighted by Crippen LogP contribution is -2.29. The van der Waals surface area contributed by atoms with Crippen molar-refractivity contribution in [3.63, 3.8) is 0 Å². The summed E-state index contributed by atoms with van der Waals surface area (Å²) in [5.41, 5.74) is 3.35. The number of nitrogens with zero attached hydrogens (tertiary/aromatic N) is 1. The van der Waals surface area contributed by atoms with Gasteiger partial charge in [-0.3, -0.25) is 9.10 Å². The van der Waals surface area contributed by atoms with Gasteiger partial charge >= 0.3 is 0 Å². The van der Waals surface area contributed by atoms with E-state index in [2.05, 4.69) is 24.4 Å². The number of carbonyl (C=O) groups is 1. The van der Waals surface area contributed by atoms with Crippen molar-refractivity contribution in [1.82, 2.24) is 5.32 Å². The Morgan fingerprint density at radius 1 is 1.04 bits per heavy atom. The third-order valence-corrected chi connectivity index (χ3v) is 5.61. The molecule has 0 aliphatic carbocycles. The van der Waals surface area contributed by atoms with E-state index in [0.29, 0.717) is 17.8 Å². The highest BCUT2D eigenvalue weighted by atomic mass is 32.2. The van der Waals surface area contributed by atoms with Crippen molar-refractivity contribution in [2.45, 2.75) is 33.2 Å². The highest BCUT2D eigenvalue weighted by molar-refractivity contribution is 7.92. The zero-order valence-electron chi connectivity index (χ0n) is 15.7. The maximum Gasteiger partial charge on any atom is 0.251 e. The van der Waals surface area contributed by atoms with Crippen molar-refractivity contribution >= 4 is 21.6 Å². The van der Waals surface area contributed by atoms with Crippen LogP contribution >= 0.6 is 0 Å². The van der Waals surface area contributed by atoms with Crippen LogP contribution in [0.25, 0.3) is 0 Å². The van der Waals surface area contributed by atoms with E-state index in [-0.39, 0.29) is 11.9 Å². The summed E-state index contributed by atoms with van der Waals surface area (Å²) in [5, 5.41) is 2.97. The van der Waals surface area contributed by atoms with Crippen LogP contribution in [0.15, 0.2) is 48.5 Å². The molecule has 140 valence electrons. The Morgan fingerprint density at radius 3 is 2.08 bits per heavy atom. The first-order valence-electron chi connectivity index (χ1n) is 8.73. The van der Waals surface area contributed by atoms with E-state index in [0.717, 1.165) is 12.0 Å². The summed E-state index contributed by atoms with van der Waals surface area (Å²) >= 11 is 0. The standard InChI is InChI=1S/C20H26N2O3S/c1-5-16-7-9-17(10-8-16)15(3)21-20(23)18-11-13-19(14-12-18)22(6-2)26(4,24)25/h7-15H,5-6H2,1-4H3,(H,21,23). The van der Waals surface area contributed by atoms with Gasteiger partial charge in [0.2, 0.25) is 10.0 Å². The summed E-state index contributed by atoms with van der Waals surface area (Å²) < 4.78 is 24.9. The fourth-order valence-electron chi connectivity index (χ4n) is 2.79. The molecule has 0 aliphatic heterocycles. The van der Waals surface area contributed by atoms with Crippen LogP contribution in [0.1, 0.15) is 48.3 Å². The molecule has 0 aliphatic rings. The summed E-state index contributed by atoms with van der Waals surface area (Å²) in [6.07, 6.45) is 2.15. The van der Waals surface area contributed by atoms with Crippen LogP contribution in [0.2, 0.25) is 0 Å². The maximum atomic E-state index is 12.5. The average molecular weight is 375 g/mol. The van der Waals surface area contributed by atoms with Crippen LogP contribution < -0.4 is 9.62 Å². The Hall–Kier alpha value is -2.34. The van der Waals surface area contributed by atoms with Gasteiger partial charge < -0.3 is 5.32 Å². The second-order valence-electron chi connectivity index (χ2n) is 6.26. The highest BCUT2D eigenvalue weighted by Crippen LogP contribution is 2.19. The van der Waals surface area contributed by atoms with Crippen molar-refractivity contribution in [1.29, 1.82) is 0 Å². The fourth-order valence-corrected chi connectivity index (χ4v) is 3.77. The molecule has 2 aromatic rings. The Balaban J connectivity index is 2.09. The zero-order chi connectivity index (χ0) is 19.3. The largest absolute Gasteiger partial charge is 0.346 e. The molecule has 0 bridgehead atoms. The zero-order valence-corrected chi connectivity index (χ0v) is 16.5. The van der Waals surface area contributed by atoms with E-state index in [1.165, 1.54) is 16.1 Å². The Labute approximate surface area is 156 Å². The first-order valence-corrected chi connectivity index (χ1v) is 10.6. The molecule has 0 heterocycles. The summed E-state index contributed by atoms with van der Waals surface area (Å²) in [7, 11) is -3.33. The minimum Gasteiger partial charge on any atom is -0.346 e. The molecule has 0 saturated heterocycles. The Kier molecular flexibility index (Phi) is 6.42. The number of hydrogen-bond acceptors (Lipinski definition) is 3. The van der Waals surface area contributed by atoms with Crippen LogP contribution in [-0.4, -0.2) is 27.1 Å². The molecule has 2 aromatic carbocycles. The molecule has 2 rings (SSSR count). The van der Waals surface area contributed by atoms with Gasteiger partial charge in [0.1, 0.15) is 0 Å². The summed E-state index contributed by atoms with van der Waals surface area (Å²) in [4.78, 5) is 12.5. The predicted molar refractivity (Wildman–Crippen MR) is 106 cm³/mol. The average Bonchev–Trinajstić information content (AvgIpc) is 2.61. The molecule has 0 aromatic heterocycles. The van der Waals surface area contributed by atoms with Crippen molar-refractivity contribution in [2.75, 3.05) is 17.1 Å². The van der Waals surface area contributed by atoms with Gasteiger partial charge in [-0.25, -0.2) is 8.42 Å². The fraction of sp³-hybridized carbons (Fsp3) is 0.350. The lowest BCUT2D eigenvalue weighted by molar-refractivity contribution is 0.0940. The van der Waals surface area contributed by atoms with Gasteiger partial charge in [-0.05, 0) is 55.7 Å². The van der Waals surface area contributed by atoms with Crippen molar-refractivity contribution in [3.05, 3.63) is 65.2 Å². The molecule has 0 saturated carbocycles. The van der Waals surface area contributed by atoms with Crippen molar-refractivity contribution in [2.24, 2.45) is 0 Å². The van der Waals surface area contributed by atoms with Gasteiger partial charge in [-0.1, -0.05) is 31.2 Å². The summed E-state index contributed by atoms with van der Waals surface area (Å²) in [6, 6.07) is 14.7. The van der Waals surface area contributed by atoms with Crippen LogP contribution in [0, 0.1) is 0 Å². The number of anilines is 1. The van der Waals surface area contributed by atoms with Gasteiger partial charge in [0.05, 0.1) is 18.0 Å². The lowest BCUT2D eigenvalue weighted by atomic mass is 10.0. The van der Waals surface area contributed by atoms with E-state index < -0.39 is 10.0 Å². The van der Waals surface area contributed by atoms with E-state index in [1.807, 2.05) is 19.1 Å². The van der Waals surface area contributed by atoms with E-state index in [9.17, 15) is 13.2 Å². The lowest BCUT2D eigenvalue weighted by Gasteiger charge is -2.20. The summed E-state index contributed by atoms with van der Waals surface area (Å²) in [6.45, 7) is 6.16. The molecule has 0 fully saturated rings. The molecule has 5 nitrogen and oxygen atoms in total. The van der Waals surface area contributed by atoms with Gasteiger partial charge in [-0.15, -0.1) is 0 Å². The van der Waals surface area contributed by atoms with Crippen LogP contribution in [0.5, 0.6) is 0 Å². The van der Waals surface area contributed by atoms with E-state index in [1.54, 1.807) is 31.2 Å². The van der Waals surface area contributed by atoms with Crippen LogP contribution in [0.3, 0.4) is 0 Å². The highest BCUT2D eigenvalue weighted by Gasteiger charge is 2.16. The first-order chi connectivity index (χ1) is 12.3. The predicted octanol–water partition coefficient (Wildman–Crippen LogP) is 3.53. The number of sulfonamides is 1. The number of amides is 1. The second kappa shape index (κ2) is 8.36. The molecule has 26 heavy (non-hydrogen) atoms. The molecule has 1 atom stereocenters. The number of hydrogen-bond donors (Lipinski definition) is 1. The minimum absolute atomic E-state index is 0.115. The maximum absolute atomic E-state index is 12.5. The summed E-state index contributed by atoms with van der Waals surface area (Å²) in [5.74, 6) is -0.189. The first kappa shape index (κ1) is 20.0. The van der Waals surface area contributed by atoms with Crippen molar-refractivity contribution < 1.29 is 13.2 Å². The van der Waals surface area contributed by atoms with Gasteiger partial charge in [0.15, 0.2) is 0 Å². The number of benzene rings is 2. The quantitative estimate of drug-likeness (QED) is 0.806. The van der Waals surface area contributed by atoms with E-state index >= 15 is 0 Å². The van der Waals surface area contributed by atoms with Gasteiger partial charge in [0.25, 0.3) is 5.91 Å². The van der Waals surface area contributed by atoms with Crippen LogP contribution in [0.4, 0.5) is 5.69 Å².